The number of primary amides is 1. The van der Waals surface area contributed by atoms with Gasteiger partial charge < -0.3 is 15.7 Å². The number of hydrogen-bond acceptors (Lipinski definition) is 4. The van der Waals surface area contributed by atoms with Crippen molar-refractivity contribution < 1.29 is 14.7 Å². The standard InChI is InChI=1S/C14H16N2O3S/c15-13(18)10-3-1-7-16(9-10)14(19)12-6-5-11(20-12)4-2-8-17/h5-6,10,17H,1,3,7-9H2,(H2,15,18). The number of nitrogens with two attached hydrogens (primary N) is 1. The molecule has 0 aromatic carbocycles. The van der Waals surface area contributed by atoms with E-state index in [4.69, 9.17) is 10.8 Å². The van der Waals surface area contributed by atoms with Crippen molar-refractivity contribution in [1.82, 2.24) is 4.90 Å². The molecule has 20 heavy (non-hydrogen) atoms. The largest absolute Gasteiger partial charge is 0.384 e. The molecule has 1 saturated heterocycles. The van der Waals surface area contributed by atoms with Crippen LogP contribution in [0.3, 0.4) is 0 Å². The number of hydrogen-bond donors (Lipinski definition) is 2. The number of amides is 2. The first kappa shape index (κ1) is 14.6. The highest BCUT2D eigenvalue weighted by Crippen LogP contribution is 2.22. The van der Waals surface area contributed by atoms with E-state index < -0.39 is 0 Å². The van der Waals surface area contributed by atoms with E-state index in [0.717, 1.165) is 17.7 Å². The lowest BCUT2D eigenvalue weighted by Crippen LogP contribution is -2.43. The Bertz CT molecular complexity index is 570. The highest BCUT2D eigenvalue weighted by Gasteiger charge is 2.28. The van der Waals surface area contributed by atoms with Crippen LogP contribution in [0.2, 0.25) is 0 Å². The summed E-state index contributed by atoms with van der Waals surface area (Å²) >= 11 is 1.29. The average Bonchev–Trinajstić information content (AvgIpc) is 2.93. The number of carbonyl (C=O) groups is 2. The fourth-order valence-corrected chi connectivity index (χ4v) is 3.05. The van der Waals surface area contributed by atoms with Gasteiger partial charge in [0.15, 0.2) is 0 Å². The fraction of sp³-hybridized carbons (Fsp3) is 0.429. The quantitative estimate of drug-likeness (QED) is 0.775. The lowest BCUT2D eigenvalue weighted by Gasteiger charge is -2.30. The summed E-state index contributed by atoms with van der Waals surface area (Å²) in [5.41, 5.74) is 5.31. The number of nitrogens with zero attached hydrogens (tertiary/aromatic N) is 1. The van der Waals surface area contributed by atoms with E-state index in [-0.39, 0.29) is 24.3 Å². The summed E-state index contributed by atoms with van der Waals surface area (Å²) in [7, 11) is 0. The molecule has 6 heteroatoms. The maximum Gasteiger partial charge on any atom is 0.263 e. The van der Waals surface area contributed by atoms with Gasteiger partial charge in [0.1, 0.15) is 6.61 Å². The summed E-state index contributed by atoms with van der Waals surface area (Å²) < 4.78 is 0. The molecule has 106 valence electrons. The van der Waals surface area contributed by atoms with Crippen molar-refractivity contribution in [3.8, 4) is 11.8 Å². The van der Waals surface area contributed by atoms with E-state index in [1.807, 2.05) is 0 Å². The normalized spacial score (nSPS) is 18.2. The molecule has 0 radical (unpaired) electrons. The molecule has 1 atom stereocenters. The lowest BCUT2D eigenvalue weighted by atomic mass is 9.97. The van der Waals surface area contributed by atoms with Gasteiger partial charge in [-0.25, -0.2) is 0 Å². The number of aliphatic hydroxyl groups is 1. The molecule has 0 aliphatic carbocycles. The van der Waals surface area contributed by atoms with Crippen LogP contribution in [0.5, 0.6) is 0 Å². The second-order valence-corrected chi connectivity index (χ2v) is 5.70. The van der Waals surface area contributed by atoms with Crippen LogP contribution in [0.1, 0.15) is 27.4 Å². The maximum atomic E-state index is 12.3. The predicted octanol–water partition coefficient (Wildman–Crippen LogP) is 0.429. The van der Waals surface area contributed by atoms with Gasteiger partial charge >= 0.3 is 0 Å². The second-order valence-electron chi connectivity index (χ2n) is 4.62. The molecule has 1 aromatic rings. The van der Waals surface area contributed by atoms with Gasteiger partial charge in [-0.05, 0) is 25.0 Å². The SMILES string of the molecule is NC(=O)C1CCCN(C(=O)c2ccc(C#CCO)s2)C1. The number of piperidine rings is 1. The zero-order valence-corrected chi connectivity index (χ0v) is 11.8. The van der Waals surface area contributed by atoms with E-state index in [1.165, 1.54) is 11.3 Å². The highest BCUT2D eigenvalue weighted by molar-refractivity contribution is 7.14. The van der Waals surface area contributed by atoms with Crippen molar-refractivity contribution in [2.45, 2.75) is 12.8 Å². The van der Waals surface area contributed by atoms with Crippen LogP contribution in [0.25, 0.3) is 0 Å². The number of likely N-dealkylation sites (tertiary alicyclic amines) is 1. The van der Waals surface area contributed by atoms with Crippen molar-refractivity contribution >= 4 is 23.2 Å². The maximum absolute atomic E-state index is 12.3. The van der Waals surface area contributed by atoms with E-state index >= 15 is 0 Å². The van der Waals surface area contributed by atoms with Crippen LogP contribution in [-0.2, 0) is 4.79 Å². The monoisotopic (exact) mass is 292 g/mol. The Morgan fingerprint density at radius 2 is 2.30 bits per heavy atom. The first-order valence-electron chi connectivity index (χ1n) is 6.40. The van der Waals surface area contributed by atoms with Crippen LogP contribution in [0.4, 0.5) is 0 Å². The molecule has 1 aromatic heterocycles. The molecular weight excluding hydrogens is 276 g/mol. The lowest BCUT2D eigenvalue weighted by molar-refractivity contribution is -0.123. The van der Waals surface area contributed by atoms with Crippen molar-refractivity contribution in [2.24, 2.45) is 11.7 Å². The summed E-state index contributed by atoms with van der Waals surface area (Å²) in [6.07, 6.45) is 1.54. The molecule has 1 aliphatic heterocycles. The van der Waals surface area contributed by atoms with E-state index in [0.29, 0.717) is 18.0 Å². The Balaban J connectivity index is 2.07. The number of rotatable bonds is 2. The van der Waals surface area contributed by atoms with Gasteiger partial charge in [0, 0.05) is 13.1 Å². The number of thiophene rings is 1. The van der Waals surface area contributed by atoms with Gasteiger partial charge in [-0.15, -0.1) is 11.3 Å². The molecule has 2 rings (SSSR count). The smallest absolute Gasteiger partial charge is 0.263 e. The number of aliphatic hydroxyl groups excluding tert-OH is 1. The van der Waals surface area contributed by atoms with Crippen molar-refractivity contribution in [3.63, 3.8) is 0 Å². The Morgan fingerprint density at radius 1 is 1.50 bits per heavy atom. The Morgan fingerprint density at radius 3 is 3.00 bits per heavy atom. The molecule has 0 spiro atoms. The first-order valence-corrected chi connectivity index (χ1v) is 7.21. The van der Waals surface area contributed by atoms with Crippen LogP contribution < -0.4 is 5.73 Å². The molecule has 1 fully saturated rings. The molecular formula is C14H16N2O3S. The van der Waals surface area contributed by atoms with Gasteiger partial charge in [0.05, 0.1) is 15.7 Å². The van der Waals surface area contributed by atoms with Crippen molar-refractivity contribution in [1.29, 1.82) is 0 Å². The predicted molar refractivity (Wildman–Crippen MR) is 76.1 cm³/mol. The second kappa shape index (κ2) is 6.55. The summed E-state index contributed by atoms with van der Waals surface area (Å²) in [4.78, 5) is 26.6. The van der Waals surface area contributed by atoms with Gasteiger partial charge in [-0.2, -0.15) is 0 Å². The topological polar surface area (TPSA) is 83.6 Å². The zero-order chi connectivity index (χ0) is 14.5. The van der Waals surface area contributed by atoms with Crippen LogP contribution in [0.15, 0.2) is 12.1 Å². The van der Waals surface area contributed by atoms with Gasteiger partial charge in [-0.1, -0.05) is 11.8 Å². The third kappa shape index (κ3) is 3.38. The average molecular weight is 292 g/mol. The summed E-state index contributed by atoms with van der Waals surface area (Å²) in [6, 6.07) is 3.48. The van der Waals surface area contributed by atoms with Gasteiger partial charge in [0.2, 0.25) is 5.91 Å². The van der Waals surface area contributed by atoms with Gasteiger partial charge in [-0.3, -0.25) is 9.59 Å². The van der Waals surface area contributed by atoms with Crippen LogP contribution in [-0.4, -0.2) is 41.5 Å². The van der Waals surface area contributed by atoms with Crippen LogP contribution >= 0.6 is 11.3 Å². The minimum atomic E-state index is -0.344. The Hall–Kier alpha value is -1.84. The van der Waals surface area contributed by atoms with E-state index in [9.17, 15) is 9.59 Å². The Labute approximate surface area is 121 Å². The summed E-state index contributed by atoms with van der Waals surface area (Å²) in [5.74, 6) is 4.64. The summed E-state index contributed by atoms with van der Waals surface area (Å²) in [5, 5.41) is 8.64. The van der Waals surface area contributed by atoms with E-state index in [2.05, 4.69) is 11.8 Å². The molecule has 0 saturated carbocycles. The van der Waals surface area contributed by atoms with Gasteiger partial charge in [0.25, 0.3) is 5.91 Å². The highest BCUT2D eigenvalue weighted by atomic mass is 32.1. The molecule has 1 aliphatic rings. The molecule has 2 amide bonds. The first-order chi connectivity index (χ1) is 9.61. The van der Waals surface area contributed by atoms with E-state index in [1.54, 1.807) is 17.0 Å². The molecule has 3 N–H and O–H groups in total. The van der Waals surface area contributed by atoms with Crippen molar-refractivity contribution in [3.05, 3.63) is 21.9 Å². The zero-order valence-electron chi connectivity index (χ0n) is 11.0. The summed E-state index contributed by atoms with van der Waals surface area (Å²) in [6.45, 7) is 0.843. The fourth-order valence-electron chi connectivity index (χ4n) is 2.20. The molecule has 2 heterocycles. The third-order valence-corrected chi connectivity index (χ3v) is 4.21. The molecule has 0 bridgehead atoms. The molecule has 1 unspecified atom stereocenters. The van der Waals surface area contributed by atoms with Crippen molar-refractivity contribution in [2.75, 3.05) is 19.7 Å². The van der Waals surface area contributed by atoms with Crippen LogP contribution in [0, 0.1) is 17.8 Å². The minimum absolute atomic E-state index is 0.0852. The molecule has 5 nitrogen and oxygen atoms in total. The Kier molecular flexibility index (Phi) is 4.77. The third-order valence-electron chi connectivity index (χ3n) is 3.22. The number of carbonyl (C=O) groups excluding carboxylic acids is 2. The minimum Gasteiger partial charge on any atom is -0.384 e.